The molecule has 1 aliphatic carbocycles. The first-order valence-electron chi connectivity index (χ1n) is 8.19. The van der Waals surface area contributed by atoms with Crippen molar-refractivity contribution >= 4 is 35.1 Å². The Labute approximate surface area is 160 Å². The van der Waals surface area contributed by atoms with Crippen LogP contribution in [-0.4, -0.2) is 29.1 Å². The van der Waals surface area contributed by atoms with E-state index in [4.69, 9.17) is 10.5 Å². The fraction of sp³-hybridized carbons (Fsp3) is 0.529. The Balaban J connectivity index is 0.00000261. The first kappa shape index (κ1) is 21.5. The summed E-state index contributed by atoms with van der Waals surface area (Å²) >= 11 is 0. The maximum atomic E-state index is 12.7. The highest BCUT2D eigenvalue weighted by molar-refractivity contribution is 6.00. The van der Waals surface area contributed by atoms with Gasteiger partial charge < -0.3 is 20.2 Å². The summed E-state index contributed by atoms with van der Waals surface area (Å²) in [5.41, 5.74) is 4.86. The Morgan fingerprint density at radius 1 is 1.44 bits per heavy atom. The van der Waals surface area contributed by atoms with Gasteiger partial charge >= 0.3 is 12.1 Å². The molecule has 0 saturated heterocycles. The number of nitrogens with zero attached hydrogens (tertiary/aromatic N) is 1. The van der Waals surface area contributed by atoms with Gasteiger partial charge in [0, 0.05) is 24.1 Å². The molecule has 0 aliphatic heterocycles. The van der Waals surface area contributed by atoms with E-state index in [1.54, 1.807) is 0 Å². The van der Waals surface area contributed by atoms with Crippen LogP contribution in [0.25, 0.3) is 11.1 Å². The Kier molecular flexibility index (Phi) is 5.53. The zero-order valence-electron chi connectivity index (χ0n) is 15.0. The minimum atomic E-state index is -4.67. The smallest absolute Gasteiger partial charge is 0.433 e. The minimum absolute atomic E-state index is 0. The monoisotopic (exact) mass is 407 g/mol. The highest BCUT2D eigenvalue weighted by Gasteiger charge is 2.62. The number of aromatic nitrogens is 1. The first-order valence-corrected chi connectivity index (χ1v) is 8.19. The van der Waals surface area contributed by atoms with E-state index in [0.29, 0.717) is 18.7 Å². The molecular formula is C17H21ClF3N3O3. The molecule has 150 valence electrons. The average molecular weight is 408 g/mol. The highest BCUT2D eigenvalue weighted by Crippen LogP contribution is 2.50. The molecule has 1 aromatic heterocycles. The second-order valence-corrected chi connectivity index (χ2v) is 6.99. The predicted octanol–water partition coefficient (Wildman–Crippen LogP) is 3.74. The standard InChI is InChI=1S/C17H20F3N3O3.ClH/c1-4-25-12-8-16(21,15(12,2)3)13(24)22-9-5-6-11-10(7-9)23-14(26-11)17(18,19)20;/h5-7,12H,4,8,21H2,1-3H3,(H,22,24);1H. The number of hydrogen-bond acceptors (Lipinski definition) is 5. The van der Waals surface area contributed by atoms with Crippen molar-refractivity contribution in [1.29, 1.82) is 0 Å². The van der Waals surface area contributed by atoms with Gasteiger partial charge in [0.2, 0.25) is 5.91 Å². The van der Waals surface area contributed by atoms with Crippen molar-refractivity contribution in [2.24, 2.45) is 11.1 Å². The van der Waals surface area contributed by atoms with Crippen LogP contribution in [0.3, 0.4) is 0 Å². The van der Waals surface area contributed by atoms with Crippen LogP contribution in [0.15, 0.2) is 22.6 Å². The van der Waals surface area contributed by atoms with Gasteiger partial charge in [-0.05, 0) is 25.1 Å². The number of fused-ring (bicyclic) bond motifs is 1. The number of carbonyl (C=O) groups is 1. The van der Waals surface area contributed by atoms with Gasteiger partial charge in [-0.1, -0.05) is 13.8 Å². The SMILES string of the molecule is CCOC1CC(N)(C(=O)Nc2ccc3oc(C(F)(F)F)nc3c2)C1(C)C.Cl. The molecule has 1 aliphatic rings. The van der Waals surface area contributed by atoms with Crippen molar-refractivity contribution in [1.82, 2.24) is 4.98 Å². The summed E-state index contributed by atoms with van der Waals surface area (Å²) in [5.74, 6) is -1.75. The van der Waals surface area contributed by atoms with Crippen LogP contribution in [0.1, 0.15) is 33.1 Å². The van der Waals surface area contributed by atoms with Crippen molar-refractivity contribution in [3.63, 3.8) is 0 Å². The van der Waals surface area contributed by atoms with Gasteiger partial charge in [-0.25, -0.2) is 4.98 Å². The fourth-order valence-electron chi connectivity index (χ4n) is 3.19. The normalized spacial score (nSPS) is 24.2. The lowest BCUT2D eigenvalue weighted by Gasteiger charge is -2.57. The molecular weight excluding hydrogens is 387 g/mol. The number of benzene rings is 1. The molecule has 2 atom stereocenters. The van der Waals surface area contributed by atoms with Gasteiger partial charge in [-0.15, -0.1) is 12.4 Å². The molecule has 1 amide bonds. The van der Waals surface area contributed by atoms with Gasteiger partial charge in [-0.3, -0.25) is 4.79 Å². The van der Waals surface area contributed by atoms with Crippen LogP contribution in [-0.2, 0) is 15.7 Å². The summed E-state index contributed by atoms with van der Waals surface area (Å²) in [6, 6.07) is 4.09. The Bertz CT molecular complexity index is 853. The molecule has 2 aromatic rings. The second-order valence-electron chi connectivity index (χ2n) is 6.99. The van der Waals surface area contributed by atoms with Crippen molar-refractivity contribution in [2.45, 2.75) is 45.0 Å². The van der Waals surface area contributed by atoms with Gasteiger partial charge in [0.25, 0.3) is 0 Å². The highest BCUT2D eigenvalue weighted by atomic mass is 35.5. The number of oxazole rings is 1. The molecule has 10 heteroatoms. The van der Waals surface area contributed by atoms with Gasteiger partial charge in [0.1, 0.15) is 11.1 Å². The molecule has 1 saturated carbocycles. The van der Waals surface area contributed by atoms with E-state index in [9.17, 15) is 18.0 Å². The summed E-state index contributed by atoms with van der Waals surface area (Å²) < 4.78 is 48.3. The molecule has 1 fully saturated rings. The zero-order valence-corrected chi connectivity index (χ0v) is 15.8. The number of carbonyl (C=O) groups excluding carboxylic acids is 1. The molecule has 2 unspecified atom stereocenters. The lowest BCUT2D eigenvalue weighted by molar-refractivity contribution is -0.166. The van der Waals surface area contributed by atoms with Crippen LogP contribution in [0.5, 0.6) is 0 Å². The third-order valence-electron chi connectivity index (χ3n) is 5.12. The van der Waals surface area contributed by atoms with Crippen LogP contribution in [0.4, 0.5) is 18.9 Å². The van der Waals surface area contributed by atoms with E-state index in [-0.39, 0.29) is 29.6 Å². The van der Waals surface area contributed by atoms with Gasteiger partial charge in [-0.2, -0.15) is 13.2 Å². The number of amides is 1. The van der Waals surface area contributed by atoms with E-state index >= 15 is 0 Å². The summed E-state index contributed by atoms with van der Waals surface area (Å²) in [6.07, 6.45) is -4.44. The van der Waals surface area contributed by atoms with Crippen LogP contribution < -0.4 is 11.1 Å². The van der Waals surface area contributed by atoms with Crippen molar-refractivity contribution in [3.8, 4) is 0 Å². The number of nitrogens with two attached hydrogens (primary N) is 1. The Hall–Kier alpha value is -1.84. The fourth-order valence-corrected chi connectivity index (χ4v) is 3.19. The maximum Gasteiger partial charge on any atom is 0.468 e. The number of ether oxygens (including phenoxy) is 1. The number of nitrogens with one attached hydrogen (secondary N) is 1. The van der Waals surface area contributed by atoms with E-state index in [0.717, 1.165) is 0 Å². The summed E-state index contributed by atoms with van der Waals surface area (Å²) in [4.78, 5) is 16.1. The van der Waals surface area contributed by atoms with Crippen molar-refractivity contribution < 1.29 is 27.1 Å². The maximum absolute atomic E-state index is 12.7. The van der Waals surface area contributed by atoms with Crippen molar-refractivity contribution in [2.75, 3.05) is 11.9 Å². The number of rotatable bonds is 4. The van der Waals surface area contributed by atoms with Crippen LogP contribution in [0.2, 0.25) is 0 Å². The van der Waals surface area contributed by atoms with Gasteiger partial charge in [0.15, 0.2) is 5.58 Å². The number of anilines is 1. The molecule has 27 heavy (non-hydrogen) atoms. The minimum Gasteiger partial charge on any atom is -0.433 e. The molecule has 0 spiro atoms. The molecule has 0 radical (unpaired) electrons. The Morgan fingerprint density at radius 3 is 2.67 bits per heavy atom. The average Bonchev–Trinajstić information content (AvgIpc) is 2.98. The molecule has 3 rings (SSSR count). The van der Waals surface area contributed by atoms with Gasteiger partial charge in [0.05, 0.1) is 6.10 Å². The molecule has 3 N–H and O–H groups in total. The molecule has 1 heterocycles. The quantitative estimate of drug-likeness (QED) is 0.805. The molecule has 0 bridgehead atoms. The van der Waals surface area contributed by atoms with Crippen LogP contribution in [0, 0.1) is 5.41 Å². The topological polar surface area (TPSA) is 90.4 Å². The zero-order chi connectivity index (χ0) is 19.3. The van der Waals surface area contributed by atoms with E-state index < -0.39 is 28.9 Å². The summed E-state index contributed by atoms with van der Waals surface area (Å²) in [5, 5.41) is 2.66. The lowest BCUT2D eigenvalue weighted by Crippen LogP contribution is -2.74. The van der Waals surface area contributed by atoms with Crippen LogP contribution >= 0.6 is 12.4 Å². The Morgan fingerprint density at radius 2 is 2.11 bits per heavy atom. The number of alkyl halides is 3. The molecule has 6 nitrogen and oxygen atoms in total. The number of hydrogen-bond donors (Lipinski definition) is 2. The predicted molar refractivity (Wildman–Crippen MR) is 95.6 cm³/mol. The van der Waals surface area contributed by atoms with E-state index in [2.05, 4.69) is 14.7 Å². The number of halogens is 4. The van der Waals surface area contributed by atoms with Crippen molar-refractivity contribution in [3.05, 3.63) is 24.1 Å². The second kappa shape index (κ2) is 6.96. The molecule has 1 aromatic carbocycles. The van der Waals surface area contributed by atoms with E-state index in [1.807, 2.05) is 20.8 Å². The summed E-state index contributed by atoms with van der Waals surface area (Å²) in [6.45, 7) is 6.10. The largest absolute Gasteiger partial charge is 0.468 e. The first-order chi connectivity index (χ1) is 12.0. The third kappa shape index (κ3) is 3.51. The summed E-state index contributed by atoms with van der Waals surface area (Å²) in [7, 11) is 0. The van der Waals surface area contributed by atoms with E-state index in [1.165, 1.54) is 18.2 Å². The third-order valence-corrected chi connectivity index (χ3v) is 5.12. The lowest BCUT2D eigenvalue weighted by atomic mass is 9.54.